The standard InChI is InChI=1S/C18H17ClF3NO/c19-13-7-5-12(6-8-13)17(24-14-9-10-23-11-14)15-3-1-2-4-16(15)18(20,21)22/h1-8,14,17,23H,9-11H2/t14-,17+/m0/s1. The molecule has 1 N–H and O–H groups in total. The molecule has 0 amide bonds. The van der Waals surface area contributed by atoms with E-state index in [2.05, 4.69) is 5.32 Å². The third kappa shape index (κ3) is 3.91. The van der Waals surface area contributed by atoms with Gasteiger partial charge in [-0.3, -0.25) is 0 Å². The summed E-state index contributed by atoms with van der Waals surface area (Å²) in [5, 5.41) is 3.70. The number of halogens is 4. The van der Waals surface area contributed by atoms with E-state index in [1.807, 2.05) is 0 Å². The number of hydrogen-bond acceptors (Lipinski definition) is 2. The molecule has 0 saturated carbocycles. The smallest absolute Gasteiger partial charge is 0.364 e. The average Bonchev–Trinajstić information content (AvgIpc) is 3.06. The number of hydrogen-bond donors (Lipinski definition) is 1. The van der Waals surface area contributed by atoms with E-state index in [1.165, 1.54) is 12.1 Å². The van der Waals surface area contributed by atoms with Crippen LogP contribution >= 0.6 is 11.6 Å². The van der Waals surface area contributed by atoms with Crippen LogP contribution in [-0.2, 0) is 10.9 Å². The van der Waals surface area contributed by atoms with E-state index in [0.29, 0.717) is 17.1 Å². The first-order valence-corrected chi connectivity index (χ1v) is 8.10. The summed E-state index contributed by atoms with van der Waals surface area (Å²) in [6.45, 7) is 1.44. The zero-order valence-corrected chi connectivity index (χ0v) is 13.6. The Morgan fingerprint density at radius 1 is 1.08 bits per heavy atom. The predicted octanol–water partition coefficient (Wildman–Crippen LogP) is 4.83. The molecule has 0 unspecified atom stereocenters. The predicted molar refractivity (Wildman–Crippen MR) is 87.1 cm³/mol. The minimum atomic E-state index is -4.43. The lowest BCUT2D eigenvalue weighted by atomic mass is 9.96. The minimum Gasteiger partial charge on any atom is -0.364 e. The van der Waals surface area contributed by atoms with E-state index < -0.39 is 17.8 Å². The normalized spacial score (nSPS) is 19.4. The second-order valence-electron chi connectivity index (χ2n) is 5.77. The Balaban J connectivity index is 2.02. The van der Waals surface area contributed by atoms with Crippen molar-refractivity contribution >= 4 is 11.6 Å². The van der Waals surface area contributed by atoms with E-state index in [-0.39, 0.29) is 11.7 Å². The van der Waals surface area contributed by atoms with Gasteiger partial charge in [0.05, 0.1) is 11.7 Å². The van der Waals surface area contributed by atoms with Crippen LogP contribution in [0.1, 0.15) is 29.2 Å². The molecule has 0 bridgehead atoms. The third-order valence-corrected chi connectivity index (χ3v) is 4.32. The first-order chi connectivity index (χ1) is 11.4. The van der Waals surface area contributed by atoms with Crippen LogP contribution in [0.2, 0.25) is 5.02 Å². The largest absolute Gasteiger partial charge is 0.416 e. The Hall–Kier alpha value is -1.56. The van der Waals surface area contributed by atoms with Gasteiger partial charge in [-0.25, -0.2) is 0 Å². The van der Waals surface area contributed by atoms with Crippen molar-refractivity contribution in [2.24, 2.45) is 0 Å². The highest BCUT2D eigenvalue weighted by Crippen LogP contribution is 2.39. The summed E-state index contributed by atoms with van der Waals surface area (Å²) >= 11 is 5.91. The van der Waals surface area contributed by atoms with Crippen LogP contribution < -0.4 is 5.32 Å². The van der Waals surface area contributed by atoms with Crippen LogP contribution in [-0.4, -0.2) is 19.2 Å². The van der Waals surface area contributed by atoms with Gasteiger partial charge in [-0.2, -0.15) is 13.2 Å². The molecule has 2 aromatic rings. The molecule has 1 aliphatic heterocycles. The maximum atomic E-state index is 13.4. The Morgan fingerprint density at radius 3 is 2.42 bits per heavy atom. The second-order valence-corrected chi connectivity index (χ2v) is 6.20. The van der Waals surface area contributed by atoms with Crippen LogP contribution in [0.5, 0.6) is 0 Å². The van der Waals surface area contributed by atoms with Crippen molar-refractivity contribution in [2.75, 3.05) is 13.1 Å². The van der Waals surface area contributed by atoms with E-state index >= 15 is 0 Å². The Kier molecular flexibility index (Phi) is 5.13. The van der Waals surface area contributed by atoms with Gasteiger partial charge in [0.25, 0.3) is 0 Å². The van der Waals surface area contributed by atoms with Gasteiger partial charge in [0.15, 0.2) is 0 Å². The van der Waals surface area contributed by atoms with Crippen molar-refractivity contribution in [1.29, 1.82) is 0 Å². The molecular weight excluding hydrogens is 339 g/mol. The van der Waals surface area contributed by atoms with Gasteiger partial charge in [-0.15, -0.1) is 0 Å². The number of nitrogens with one attached hydrogen (secondary N) is 1. The van der Waals surface area contributed by atoms with E-state index in [0.717, 1.165) is 19.0 Å². The molecule has 1 heterocycles. The first-order valence-electron chi connectivity index (χ1n) is 7.73. The molecule has 6 heteroatoms. The SMILES string of the molecule is FC(F)(F)c1ccccc1[C@H](O[C@H]1CCNC1)c1ccc(Cl)cc1. The average molecular weight is 356 g/mol. The summed E-state index contributed by atoms with van der Waals surface area (Å²) < 4.78 is 46.3. The molecule has 128 valence electrons. The van der Waals surface area contributed by atoms with Crippen molar-refractivity contribution in [2.45, 2.75) is 24.8 Å². The highest BCUT2D eigenvalue weighted by atomic mass is 35.5. The Bertz CT molecular complexity index is 681. The summed E-state index contributed by atoms with van der Waals surface area (Å²) in [4.78, 5) is 0. The van der Waals surface area contributed by atoms with Crippen LogP contribution in [0.3, 0.4) is 0 Å². The van der Waals surface area contributed by atoms with Gasteiger partial charge in [0, 0.05) is 11.6 Å². The zero-order chi connectivity index (χ0) is 17.2. The van der Waals surface area contributed by atoms with Gasteiger partial charge in [0.2, 0.25) is 0 Å². The van der Waals surface area contributed by atoms with Crippen molar-refractivity contribution in [3.63, 3.8) is 0 Å². The van der Waals surface area contributed by atoms with Crippen LogP contribution in [0.15, 0.2) is 48.5 Å². The van der Waals surface area contributed by atoms with E-state index in [9.17, 15) is 13.2 Å². The molecule has 0 radical (unpaired) electrons. The highest BCUT2D eigenvalue weighted by molar-refractivity contribution is 6.30. The Labute approximate surface area is 143 Å². The number of ether oxygens (including phenoxy) is 1. The molecular formula is C18H17ClF3NO. The fraction of sp³-hybridized carbons (Fsp3) is 0.333. The minimum absolute atomic E-state index is 0.119. The summed E-state index contributed by atoms with van der Waals surface area (Å²) in [6.07, 6.45) is -4.56. The third-order valence-electron chi connectivity index (χ3n) is 4.07. The maximum absolute atomic E-state index is 13.4. The molecule has 2 aromatic carbocycles. The fourth-order valence-electron chi connectivity index (χ4n) is 2.89. The van der Waals surface area contributed by atoms with Crippen LogP contribution in [0, 0.1) is 0 Å². The van der Waals surface area contributed by atoms with Gasteiger partial charge >= 0.3 is 6.18 Å². The summed E-state index contributed by atoms with van der Waals surface area (Å²) in [6, 6.07) is 12.3. The van der Waals surface area contributed by atoms with Crippen molar-refractivity contribution in [1.82, 2.24) is 5.32 Å². The summed E-state index contributed by atoms with van der Waals surface area (Å²) in [5.41, 5.74) is 0.109. The van der Waals surface area contributed by atoms with E-state index in [1.54, 1.807) is 30.3 Å². The summed E-state index contributed by atoms with van der Waals surface area (Å²) in [7, 11) is 0. The molecule has 2 atom stereocenters. The monoisotopic (exact) mass is 355 g/mol. The first kappa shape index (κ1) is 17.3. The number of alkyl halides is 3. The molecule has 3 rings (SSSR count). The van der Waals surface area contributed by atoms with Crippen LogP contribution in [0.25, 0.3) is 0 Å². The molecule has 24 heavy (non-hydrogen) atoms. The molecule has 1 saturated heterocycles. The summed E-state index contributed by atoms with van der Waals surface area (Å²) in [5.74, 6) is 0. The Morgan fingerprint density at radius 2 is 1.79 bits per heavy atom. The quantitative estimate of drug-likeness (QED) is 0.848. The molecule has 2 nitrogen and oxygen atoms in total. The maximum Gasteiger partial charge on any atom is 0.416 e. The highest BCUT2D eigenvalue weighted by Gasteiger charge is 2.36. The van der Waals surface area contributed by atoms with Gasteiger partial charge in [-0.1, -0.05) is 41.9 Å². The molecule has 1 aliphatic rings. The van der Waals surface area contributed by atoms with E-state index in [4.69, 9.17) is 16.3 Å². The lowest BCUT2D eigenvalue weighted by Crippen LogP contribution is -2.22. The van der Waals surface area contributed by atoms with Gasteiger partial charge in [-0.05, 0) is 42.3 Å². The fourth-order valence-corrected chi connectivity index (χ4v) is 3.02. The van der Waals surface area contributed by atoms with Gasteiger partial charge in [0.1, 0.15) is 6.10 Å². The lowest BCUT2D eigenvalue weighted by Gasteiger charge is -2.25. The topological polar surface area (TPSA) is 21.3 Å². The molecule has 0 aromatic heterocycles. The molecule has 1 fully saturated rings. The molecule has 0 spiro atoms. The lowest BCUT2D eigenvalue weighted by molar-refractivity contribution is -0.139. The van der Waals surface area contributed by atoms with Crippen molar-refractivity contribution in [3.05, 3.63) is 70.2 Å². The van der Waals surface area contributed by atoms with Crippen LogP contribution in [0.4, 0.5) is 13.2 Å². The number of benzene rings is 2. The van der Waals surface area contributed by atoms with Crippen molar-refractivity contribution in [3.8, 4) is 0 Å². The second kappa shape index (κ2) is 7.13. The molecule has 0 aliphatic carbocycles. The van der Waals surface area contributed by atoms with Crippen molar-refractivity contribution < 1.29 is 17.9 Å². The van der Waals surface area contributed by atoms with Gasteiger partial charge < -0.3 is 10.1 Å². The zero-order valence-electron chi connectivity index (χ0n) is 12.8. The number of rotatable bonds is 4.